The van der Waals surface area contributed by atoms with E-state index in [0.717, 1.165) is 6.07 Å². The van der Waals surface area contributed by atoms with Crippen LogP contribution in [-0.2, 0) is 4.74 Å². The van der Waals surface area contributed by atoms with Gasteiger partial charge in [0.15, 0.2) is 0 Å². The van der Waals surface area contributed by atoms with Crippen LogP contribution in [-0.4, -0.2) is 30.8 Å². The monoisotopic (exact) mass is 227 g/mol. The first-order chi connectivity index (χ1) is 7.65. The molecule has 1 aromatic carbocycles. The van der Waals surface area contributed by atoms with Crippen LogP contribution >= 0.6 is 0 Å². The predicted molar refractivity (Wildman–Crippen MR) is 58.3 cm³/mol. The lowest BCUT2D eigenvalue weighted by atomic mass is 10.2. The Hall–Kier alpha value is -1.62. The van der Waals surface area contributed by atoms with Gasteiger partial charge in [-0.1, -0.05) is 0 Å². The highest BCUT2D eigenvalue weighted by atomic mass is 19.1. The number of carbonyl (C=O) groups is 1. The van der Waals surface area contributed by atoms with E-state index in [1.807, 2.05) is 6.92 Å². The molecular weight excluding hydrogens is 213 g/mol. The van der Waals surface area contributed by atoms with Gasteiger partial charge in [-0.3, -0.25) is 0 Å². The average molecular weight is 227 g/mol. The van der Waals surface area contributed by atoms with E-state index in [2.05, 4.69) is 5.32 Å². The lowest BCUT2D eigenvalue weighted by Gasteiger charge is -2.07. The van der Waals surface area contributed by atoms with E-state index in [4.69, 9.17) is 9.84 Å². The molecule has 0 heterocycles. The fourth-order valence-electron chi connectivity index (χ4n) is 1.19. The molecule has 0 amide bonds. The number of rotatable bonds is 6. The molecule has 0 aliphatic heterocycles. The maximum atomic E-state index is 13.4. The number of hydrogen-bond acceptors (Lipinski definition) is 3. The van der Waals surface area contributed by atoms with Crippen molar-refractivity contribution in [2.45, 2.75) is 6.92 Å². The minimum atomic E-state index is -1.14. The Balaban J connectivity index is 2.57. The molecule has 1 rings (SSSR count). The summed E-state index contributed by atoms with van der Waals surface area (Å²) in [6.07, 6.45) is 0. The van der Waals surface area contributed by atoms with E-state index in [1.54, 1.807) is 0 Å². The Bertz CT molecular complexity index is 368. The maximum absolute atomic E-state index is 13.4. The van der Waals surface area contributed by atoms with Gasteiger partial charge in [0.25, 0.3) is 0 Å². The van der Waals surface area contributed by atoms with Gasteiger partial charge in [-0.2, -0.15) is 0 Å². The fourth-order valence-corrected chi connectivity index (χ4v) is 1.19. The van der Waals surface area contributed by atoms with E-state index in [1.165, 1.54) is 12.1 Å². The van der Waals surface area contributed by atoms with Crippen LogP contribution in [0.3, 0.4) is 0 Å². The van der Waals surface area contributed by atoms with Gasteiger partial charge in [-0.25, -0.2) is 9.18 Å². The Kier molecular flexibility index (Phi) is 4.72. The molecule has 16 heavy (non-hydrogen) atoms. The second kappa shape index (κ2) is 6.07. The summed E-state index contributed by atoms with van der Waals surface area (Å²) in [4.78, 5) is 10.6. The molecule has 88 valence electrons. The summed E-state index contributed by atoms with van der Waals surface area (Å²) in [5.74, 6) is -1.71. The van der Waals surface area contributed by atoms with Crippen LogP contribution < -0.4 is 5.32 Å². The first-order valence-corrected chi connectivity index (χ1v) is 4.99. The maximum Gasteiger partial charge on any atom is 0.335 e. The van der Waals surface area contributed by atoms with Crippen molar-refractivity contribution >= 4 is 11.7 Å². The van der Waals surface area contributed by atoms with Gasteiger partial charge < -0.3 is 15.2 Å². The molecule has 1 aromatic rings. The molecule has 0 fully saturated rings. The van der Waals surface area contributed by atoms with Crippen molar-refractivity contribution < 1.29 is 19.0 Å². The Labute approximate surface area is 93.0 Å². The number of ether oxygens (including phenoxy) is 1. The lowest BCUT2D eigenvalue weighted by molar-refractivity contribution is 0.0696. The summed E-state index contributed by atoms with van der Waals surface area (Å²) in [5.41, 5.74) is 0.220. The first-order valence-electron chi connectivity index (χ1n) is 4.99. The molecule has 0 aliphatic rings. The Morgan fingerprint density at radius 2 is 2.31 bits per heavy atom. The quantitative estimate of drug-likeness (QED) is 0.729. The number of carboxylic acid groups (broad SMARTS) is 1. The number of benzene rings is 1. The van der Waals surface area contributed by atoms with Crippen molar-refractivity contribution in [1.82, 2.24) is 0 Å². The minimum Gasteiger partial charge on any atom is -0.478 e. The smallest absolute Gasteiger partial charge is 0.335 e. The highest BCUT2D eigenvalue weighted by Gasteiger charge is 2.07. The van der Waals surface area contributed by atoms with Crippen molar-refractivity contribution in [1.29, 1.82) is 0 Å². The van der Waals surface area contributed by atoms with Crippen LogP contribution in [0.15, 0.2) is 18.2 Å². The molecule has 5 heteroatoms. The predicted octanol–water partition coefficient (Wildman–Crippen LogP) is 1.97. The Morgan fingerprint density at radius 3 is 2.88 bits per heavy atom. The molecule has 0 atom stereocenters. The topological polar surface area (TPSA) is 58.6 Å². The van der Waals surface area contributed by atoms with E-state index < -0.39 is 11.8 Å². The molecule has 0 unspecified atom stereocenters. The molecule has 0 aliphatic carbocycles. The number of anilines is 1. The van der Waals surface area contributed by atoms with E-state index in [-0.39, 0.29) is 11.3 Å². The first kappa shape index (κ1) is 12.4. The number of hydrogen-bond donors (Lipinski definition) is 2. The summed E-state index contributed by atoms with van der Waals surface area (Å²) in [6.45, 7) is 3.46. The standard InChI is InChI=1S/C11H14FNO3/c1-2-16-6-5-13-10-4-3-8(11(14)15)7-9(10)12/h3-4,7,13H,2,5-6H2,1H3,(H,14,15). The number of aromatic carboxylic acids is 1. The molecule has 0 saturated carbocycles. The van der Waals surface area contributed by atoms with Crippen molar-refractivity contribution in [2.75, 3.05) is 25.1 Å². The van der Waals surface area contributed by atoms with Crippen LogP contribution in [0.25, 0.3) is 0 Å². The second-order valence-electron chi connectivity index (χ2n) is 3.12. The summed E-state index contributed by atoms with van der Waals surface area (Å²) < 4.78 is 18.4. The third-order valence-electron chi connectivity index (χ3n) is 1.98. The number of nitrogens with one attached hydrogen (secondary N) is 1. The van der Waals surface area contributed by atoms with Crippen LogP contribution in [0.2, 0.25) is 0 Å². The third kappa shape index (κ3) is 3.51. The van der Waals surface area contributed by atoms with Gasteiger partial charge in [0.05, 0.1) is 17.9 Å². The molecule has 2 N–H and O–H groups in total. The van der Waals surface area contributed by atoms with Gasteiger partial charge in [0.1, 0.15) is 5.82 Å². The lowest BCUT2D eigenvalue weighted by Crippen LogP contribution is -2.10. The van der Waals surface area contributed by atoms with Crippen LogP contribution in [0.4, 0.5) is 10.1 Å². The third-order valence-corrected chi connectivity index (χ3v) is 1.98. The van der Waals surface area contributed by atoms with Gasteiger partial charge >= 0.3 is 5.97 Å². The SMILES string of the molecule is CCOCCNc1ccc(C(=O)O)cc1F. The minimum absolute atomic E-state index is 0.0622. The van der Waals surface area contributed by atoms with Crippen LogP contribution in [0.5, 0.6) is 0 Å². The van der Waals surface area contributed by atoms with Gasteiger partial charge in [0.2, 0.25) is 0 Å². The van der Waals surface area contributed by atoms with Gasteiger partial charge in [-0.15, -0.1) is 0 Å². The summed E-state index contributed by atoms with van der Waals surface area (Å²) >= 11 is 0. The summed E-state index contributed by atoms with van der Waals surface area (Å²) in [6, 6.07) is 3.75. The normalized spacial score (nSPS) is 10.1. The van der Waals surface area contributed by atoms with E-state index in [9.17, 15) is 9.18 Å². The van der Waals surface area contributed by atoms with Crippen molar-refractivity contribution in [3.63, 3.8) is 0 Å². The zero-order valence-corrected chi connectivity index (χ0v) is 9.00. The average Bonchev–Trinajstić information content (AvgIpc) is 2.26. The van der Waals surface area contributed by atoms with Crippen LogP contribution in [0.1, 0.15) is 17.3 Å². The van der Waals surface area contributed by atoms with E-state index in [0.29, 0.717) is 19.8 Å². The highest BCUT2D eigenvalue weighted by molar-refractivity contribution is 5.88. The van der Waals surface area contributed by atoms with Crippen molar-refractivity contribution in [3.05, 3.63) is 29.6 Å². The Morgan fingerprint density at radius 1 is 1.56 bits per heavy atom. The van der Waals surface area contributed by atoms with Gasteiger partial charge in [0, 0.05) is 13.2 Å². The zero-order valence-electron chi connectivity index (χ0n) is 9.00. The molecule has 0 radical (unpaired) electrons. The summed E-state index contributed by atoms with van der Waals surface area (Å²) in [5, 5.41) is 11.5. The number of carboxylic acids is 1. The molecule has 0 aromatic heterocycles. The summed E-state index contributed by atoms with van der Waals surface area (Å²) in [7, 11) is 0. The van der Waals surface area contributed by atoms with Crippen LogP contribution in [0, 0.1) is 5.82 Å². The fraction of sp³-hybridized carbons (Fsp3) is 0.364. The zero-order chi connectivity index (χ0) is 12.0. The van der Waals surface area contributed by atoms with E-state index >= 15 is 0 Å². The molecule has 0 bridgehead atoms. The van der Waals surface area contributed by atoms with Crippen molar-refractivity contribution in [2.24, 2.45) is 0 Å². The number of halogens is 1. The van der Waals surface area contributed by atoms with Crippen molar-refractivity contribution in [3.8, 4) is 0 Å². The largest absolute Gasteiger partial charge is 0.478 e. The molecule has 4 nitrogen and oxygen atoms in total. The molecule has 0 saturated heterocycles. The van der Waals surface area contributed by atoms with Gasteiger partial charge in [-0.05, 0) is 25.1 Å². The highest BCUT2D eigenvalue weighted by Crippen LogP contribution is 2.15. The molecular formula is C11H14FNO3. The molecule has 0 spiro atoms. The second-order valence-corrected chi connectivity index (χ2v) is 3.12.